The normalized spacial score (nSPS) is 19.5. The summed E-state index contributed by atoms with van der Waals surface area (Å²) >= 11 is 0. The number of nitrogens with zero attached hydrogens (tertiary/aromatic N) is 1. The van der Waals surface area contributed by atoms with Gasteiger partial charge in [-0.15, -0.1) is 0 Å². The summed E-state index contributed by atoms with van der Waals surface area (Å²) < 4.78 is 0. The standard InChI is InChI=1S/C16H21N3/c1-2-14-15(12-7-4-3-5-8-12)19-16(18-14)13-9-6-10-17-11-13/h3-5,7-8,13,17H,2,6,9-11H2,1H3,(H,18,19). The number of aromatic amines is 1. The minimum absolute atomic E-state index is 0.538. The molecule has 1 aromatic heterocycles. The Morgan fingerprint density at radius 1 is 1.26 bits per heavy atom. The molecule has 1 aromatic carbocycles. The van der Waals surface area contributed by atoms with E-state index in [1.165, 1.54) is 24.1 Å². The summed E-state index contributed by atoms with van der Waals surface area (Å²) in [7, 11) is 0. The highest BCUT2D eigenvalue weighted by molar-refractivity contribution is 5.62. The molecule has 1 aliphatic rings. The zero-order valence-corrected chi connectivity index (χ0v) is 11.4. The molecule has 2 heterocycles. The van der Waals surface area contributed by atoms with Gasteiger partial charge in [-0.1, -0.05) is 37.3 Å². The topological polar surface area (TPSA) is 40.7 Å². The van der Waals surface area contributed by atoms with Crippen molar-refractivity contribution in [2.75, 3.05) is 13.1 Å². The molecule has 1 atom stereocenters. The molecule has 0 amide bonds. The molecule has 3 rings (SSSR count). The molecule has 0 spiro atoms. The van der Waals surface area contributed by atoms with Crippen LogP contribution in [0, 0.1) is 0 Å². The molecular formula is C16H21N3. The number of imidazole rings is 1. The summed E-state index contributed by atoms with van der Waals surface area (Å²) in [6.07, 6.45) is 3.47. The lowest BCUT2D eigenvalue weighted by Gasteiger charge is -2.20. The Morgan fingerprint density at radius 3 is 2.79 bits per heavy atom. The van der Waals surface area contributed by atoms with E-state index in [1.807, 2.05) is 6.07 Å². The van der Waals surface area contributed by atoms with E-state index in [1.54, 1.807) is 0 Å². The highest BCUT2D eigenvalue weighted by atomic mass is 15.0. The van der Waals surface area contributed by atoms with Crippen LogP contribution in [0.15, 0.2) is 30.3 Å². The second kappa shape index (κ2) is 5.57. The van der Waals surface area contributed by atoms with E-state index in [4.69, 9.17) is 4.98 Å². The number of aromatic nitrogens is 2. The smallest absolute Gasteiger partial charge is 0.111 e. The molecule has 19 heavy (non-hydrogen) atoms. The van der Waals surface area contributed by atoms with Gasteiger partial charge in [0, 0.05) is 23.7 Å². The number of benzene rings is 1. The Morgan fingerprint density at radius 2 is 2.11 bits per heavy atom. The van der Waals surface area contributed by atoms with Crippen LogP contribution < -0.4 is 5.32 Å². The minimum atomic E-state index is 0.538. The van der Waals surface area contributed by atoms with Crippen LogP contribution >= 0.6 is 0 Å². The van der Waals surface area contributed by atoms with Crippen LogP contribution in [0.25, 0.3) is 11.3 Å². The number of aryl methyl sites for hydroxylation is 1. The molecule has 0 saturated carbocycles. The average Bonchev–Trinajstić information content (AvgIpc) is 2.93. The SMILES string of the molecule is CCc1[nH]c(C2CCCNC2)nc1-c1ccccc1. The van der Waals surface area contributed by atoms with Gasteiger partial charge in [0.15, 0.2) is 0 Å². The van der Waals surface area contributed by atoms with E-state index in [9.17, 15) is 0 Å². The molecule has 2 aromatic rings. The van der Waals surface area contributed by atoms with Crippen molar-refractivity contribution in [2.24, 2.45) is 0 Å². The van der Waals surface area contributed by atoms with E-state index < -0.39 is 0 Å². The van der Waals surface area contributed by atoms with Gasteiger partial charge in [-0.2, -0.15) is 0 Å². The average molecular weight is 255 g/mol. The quantitative estimate of drug-likeness (QED) is 0.884. The molecule has 2 N–H and O–H groups in total. The molecule has 1 fully saturated rings. The van der Waals surface area contributed by atoms with Crippen molar-refractivity contribution in [1.82, 2.24) is 15.3 Å². The fourth-order valence-electron chi connectivity index (χ4n) is 2.80. The van der Waals surface area contributed by atoms with Crippen molar-refractivity contribution in [3.05, 3.63) is 41.9 Å². The Hall–Kier alpha value is -1.61. The van der Waals surface area contributed by atoms with Crippen LogP contribution in [0.4, 0.5) is 0 Å². The minimum Gasteiger partial charge on any atom is -0.345 e. The van der Waals surface area contributed by atoms with E-state index in [2.05, 4.69) is 41.5 Å². The van der Waals surface area contributed by atoms with Crippen LogP contribution in [0.2, 0.25) is 0 Å². The lowest BCUT2D eigenvalue weighted by atomic mass is 9.99. The van der Waals surface area contributed by atoms with Crippen molar-refractivity contribution in [2.45, 2.75) is 32.1 Å². The molecule has 0 radical (unpaired) electrons. The van der Waals surface area contributed by atoms with Gasteiger partial charge in [0.1, 0.15) is 5.82 Å². The van der Waals surface area contributed by atoms with E-state index in [0.29, 0.717) is 5.92 Å². The zero-order valence-electron chi connectivity index (χ0n) is 11.4. The van der Waals surface area contributed by atoms with E-state index in [0.717, 1.165) is 31.0 Å². The van der Waals surface area contributed by atoms with E-state index in [-0.39, 0.29) is 0 Å². The fraction of sp³-hybridized carbons (Fsp3) is 0.438. The van der Waals surface area contributed by atoms with Crippen molar-refractivity contribution in [3.8, 4) is 11.3 Å². The number of hydrogen-bond acceptors (Lipinski definition) is 2. The monoisotopic (exact) mass is 255 g/mol. The van der Waals surface area contributed by atoms with Gasteiger partial charge in [-0.25, -0.2) is 4.98 Å². The Kier molecular flexibility index (Phi) is 3.65. The summed E-state index contributed by atoms with van der Waals surface area (Å²) in [6.45, 7) is 4.37. The maximum Gasteiger partial charge on any atom is 0.111 e. The van der Waals surface area contributed by atoms with Crippen molar-refractivity contribution >= 4 is 0 Å². The second-order valence-electron chi connectivity index (χ2n) is 5.21. The summed E-state index contributed by atoms with van der Waals surface area (Å²) in [5, 5.41) is 3.46. The molecule has 0 aliphatic carbocycles. The van der Waals surface area contributed by atoms with Gasteiger partial charge in [0.25, 0.3) is 0 Å². The Balaban J connectivity index is 1.94. The van der Waals surface area contributed by atoms with Crippen LogP contribution in [-0.4, -0.2) is 23.1 Å². The maximum absolute atomic E-state index is 4.88. The first-order valence-electron chi connectivity index (χ1n) is 7.23. The third-order valence-electron chi connectivity index (χ3n) is 3.88. The van der Waals surface area contributed by atoms with E-state index >= 15 is 0 Å². The predicted molar refractivity (Wildman–Crippen MR) is 78.2 cm³/mol. The first kappa shape index (κ1) is 12.4. The van der Waals surface area contributed by atoms with Crippen LogP contribution in [0.5, 0.6) is 0 Å². The number of piperidine rings is 1. The lowest BCUT2D eigenvalue weighted by molar-refractivity contribution is 0.448. The number of hydrogen-bond donors (Lipinski definition) is 2. The summed E-state index contributed by atoms with van der Waals surface area (Å²) in [6, 6.07) is 10.5. The molecule has 3 nitrogen and oxygen atoms in total. The van der Waals surface area contributed by atoms with Gasteiger partial charge in [-0.05, 0) is 25.8 Å². The van der Waals surface area contributed by atoms with Gasteiger partial charge in [0.2, 0.25) is 0 Å². The van der Waals surface area contributed by atoms with Crippen molar-refractivity contribution in [1.29, 1.82) is 0 Å². The van der Waals surface area contributed by atoms with Gasteiger partial charge in [-0.3, -0.25) is 0 Å². The van der Waals surface area contributed by atoms with Gasteiger partial charge >= 0.3 is 0 Å². The highest BCUT2D eigenvalue weighted by Gasteiger charge is 2.20. The number of rotatable bonds is 3. The number of H-pyrrole nitrogens is 1. The fourth-order valence-corrected chi connectivity index (χ4v) is 2.80. The first-order chi connectivity index (χ1) is 9.38. The summed E-state index contributed by atoms with van der Waals surface area (Å²) in [4.78, 5) is 8.43. The third kappa shape index (κ3) is 2.56. The highest BCUT2D eigenvalue weighted by Crippen LogP contribution is 2.27. The first-order valence-corrected chi connectivity index (χ1v) is 7.23. The van der Waals surface area contributed by atoms with Crippen LogP contribution in [0.3, 0.4) is 0 Å². The van der Waals surface area contributed by atoms with Gasteiger partial charge < -0.3 is 10.3 Å². The molecule has 100 valence electrons. The molecule has 1 aliphatic heterocycles. The second-order valence-corrected chi connectivity index (χ2v) is 5.21. The Bertz CT molecular complexity index is 524. The lowest BCUT2D eigenvalue weighted by Crippen LogP contribution is -2.28. The Labute approximate surface area is 114 Å². The largest absolute Gasteiger partial charge is 0.345 e. The third-order valence-corrected chi connectivity index (χ3v) is 3.88. The molecule has 1 saturated heterocycles. The molecular weight excluding hydrogens is 234 g/mol. The summed E-state index contributed by atoms with van der Waals surface area (Å²) in [5.74, 6) is 1.69. The van der Waals surface area contributed by atoms with Crippen molar-refractivity contribution < 1.29 is 0 Å². The van der Waals surface area contributed by atoms with Crippen LogP contribution in [-0.2, 0) is 6.42 Å². The molecule has 3 heteroatoms. The number of nitrogens with one attached hydrogen (secondary N) is 2. The van der Waals surface area contributed by atoms with Crippen molar-refractivity contribution in [3.63, 3.8) is 0 Å². The zero-order chi connectivity index (χ0) is 13.1. The maximum atomic E-state index is 4.88. The predicted octanol–water partition coefficient (Wildman–Crippen LogP) is 3.11. The summed E-state index contributed by atoms with van der Waals surface area (Å²) in [5.41, 5.74) is 3.60. The van der Waals surface area contributed by atoms with Crippen LogP contribution in [0.1, 0.15) is 37.2 Å². The molecule has 0 bridgehead atoms. The van der Waals surface area contributed by atoms with Gasteiger partial charge in [0.05, 0.1) is 5.69 Å². The molecule has 1 unspecified atom stereocenters.